The smallest absolute Gasteiger partial charge is 0.404 e. The fraction of sp³-hybridized carbons (Fsp3) is 0.286. The molecule has 2 aromatic rings. The summed E-state index contributed by atoms with van der Waals surface area (Å²) in [5.41, 5.74) is -3.46. The van der Waals surface area contributed by atoms with E-state index in [2.05, 4.69) is 9.84 Å². The summed E-state index contributed by atoms with van der Waals surface area (Å²) in [5.74, 6) is -2.13. The van der Waals surface area contributed by atoms with E-state index in [4.69, 9.17) is 0 Å². The van der Waals surface area contributed by atoms with Crippen molar-refractivity contribution < 1.29 is 44.3 Å². The van der Waals surface area contributed by atoms with Crippen LogP contribution in [0.1, 0.15) is 21.6 Å². The predicted octanol–water partition coefficient (Wildman–Crippen LogP) is 3.08. The number of hydrogen-bond donors (Lipinski definition) is 0. The second-order valence-electron chi connectivity index (χ2n) is 5.36. The van der Waals surface area contributed by atoms with Gasteiger partial charge in [-0.05, 0) is 18.2 Å². The number of esters is 1. The monoisotopic (exact) mass is 416 g/mol. The van der Waals surface area contributed by atoms with Gasteiger partial charge in [0.2, 0.25) is 5.88 Å². The molecule has 148 valence electrons. The van der Waals surface area contributed by atoms with E-state index in [0.29, 0.717) is 29.1 Å². The van der Waals surface area contributed by atoms with Gasteiger partial charge in [-0.1, -0.05) is 0 Å². The van der Waals surface area contributed by atoms with Crippen LogP contribution >= 0.6 is 0 Å². The number of halogens is 6. The van der Waals surface area contributed by atoms with Crippen molar-refractivity contribution in [1.82, 2.24) is 9.78 Å². The summed E-state index contributed by atoms with van der Waals surface area (Å²) in [6.45, 7) is 0. The number of benzene rings is 1. The van der Waals surface area contributed by atoms with Crippen molar-refractivity contribution in [2.75, 3.05) is 6.26 Å². The topological polar surface area (TPSA) is 78.3 Å². The number of hydrogen-bond acceptors (Lipinski definition) is 5. The molecule has 0 unspecified atom stereocenters. The SMILES string of the molecule is Cn1nc(C(F)(F)F)cc1OC(=O)c1ccc(C(F)(F)F)cc1S(C)(=O)=O. The Hall–Kier alpha value is -2.57. The van der Waals surface area contributed by atoms with Crippen LogP contribution in [0.4, 0.5) is 26.3 Å². The van der Waals surface area contributed by atoms with Gasteiger partial charge in [0, 0.05) is 19.4 Å². The third-order valence-electron chi connectivity index (χ3n) is 3.25. The third kappa shape index (κ3) is 4.59. The van der Waals surface area contributed by atoms with Crippen molar-refractivity contribution >= 4 is 15.8 Å². The van der Waals surface area contributed by atoms with Crippen LogP contribution in [-0.4, -0.2) is 30.4 Å². The summed E-state index contributed by atoms with van der Waals surface area (Å²) in [5, 5.41) is 3.09. The van der Waals surface area contributed by atoms with Gasteiger partial charge >= 0.3 is 18.3 Å². The Bertz CT molecular complexity index is 992. The molecule has 13 heteroatoms. The molecular formula is C14H10F6N2O4S. The third-order valence-corrected chi connectivity index (χ3v) is 4.39. The lowest BCUT2D eigenvalue weighted by molar-refractivity contribution is -0.141. The average molecular weight is 416 g/mol. The average Bonchev–Trinajstić information content (AvgIpc) is 2.86. The van der Waals surface area contributed by atoms with E-state index in [1.807, 2.05) is 0 Å². The Morgan fingerprint density at radius 1 is 1.07 bits per heavy atom. The number of aromatic nitrogens is 2. The van der Waals surface area contributed by atoms with Crippen molar-refractivity contribution in [3.05, 3.63) is 41.1 Å². The molecule has 0 fully saturated rings. The molecule has 0 N–H and O–H groups in total. The minimum absolute atomic E-state index is 0.246. The molecule has 27 heavy (non-hydrogen) atoms. The molecule has 0 saturated carbocycles. The highest BCUT2D eigenvalue weighted by atomic mass is 32.2. The van der Waals surface area contributed by atoms with E-state index in [0.717, 1.165) is 7.05 Å². The highest BCUT2D eigenvalue weighted by molar-refractivity contribution is 7.90. The summed E-state index contributed by atoms with van der Waals surface area (Å²) in [6, 6.07) is 1.66. The Balaban J connectivity index is 2.47. The van der Waals surface area contributed by atoms with E-state index in [1.165, 1.54) is 0 Å². The lowest BCUT2D eigenvalue weighted by Crippen LogP contribution is -2.17. The molecule has 0 bridgehead atoms. The van der Waals surface area contributed by atoms with Crippen molar-refractivity contribution in [2.45, 2.75) is 17.2 Å². The number of nitrogens with zero attached hydrogens (tertiary/aromatic N) is 2. The minimum Gasteiger partial charge on any atom is -0.404 e. The Kier molecular flexibility index (Phi) is 5.03. The maximum atomic E-state index is 12.8. The molecule has 0 spiro atoms. The summed E-state index contributed by atoms with van der Waals surface area (Å²) in [4.78, 5) is 11.2. The second-order valence-corrected chi connectivity index (χ2v) is 7.34. The number of carbonyl (C=O) groups is 1. The maximum Gasteiger partial charge on any atom is 0.435 e. The number of carbonyl (C=O) groups excluding carboxylic acids is 1. The Morgan fingerprint density at radius 3 is 2.11 bits per heavy atom. The lowest BCUT2D eigenvalue weighted by Gasteiger charge is -2.12. The van der Waals surface area contributed by atoms with Crippen LogP contribution in [0.5, 0.6) is 5.88 Å². The number of ether oxygens (including phenoxy) is 1. The van der Waals surface area contributed by atoms with Gasteiger partial charge in [-0.25, -0.2) is 17.9 Å². The molecular weight excluding hydrogens is 406 g/mol. The lowest BCUT2D eigenvalue weighted by atomic mass is 10.1. The van der Waals surface area contributed by atoms with Crippen LogP contribution in [0.25, 0.3) is 0 Å². The largest absolute Gasteiger partial charge is 0.435 e. The molecule has 0 aliphatic rings. The minimum atomic E-state index is -4.87. The zero-order valence-corrected chi connectivity index (χ0v) is 14.3. The van der Waals surface area contributed by atoms with Gasteiger partial charge in [-0.2, -0.15) is 31.4 Å². The van der Waals surface area contributed by atoms with Crippen LogP contribution in [0.15, 0.2) is 29.2 Å². The highest BCUT2D eigenvalue weighted by Gasteiger charge is 2.36. The first-order chi connectivity index (χ1) is 12.1. The number of sulfone groups is 1. The molecule has 0 saturated heterocycles. The molecule has 0 aliphatic carbocycles. The fourth-order valence-corrected chi connectivity index (χ4v) is 2.90. The molecule has 1 aromatic carbocycles. The predicted molar refractivity (Wildman–Crippen MR) is 77.7 cm³/mol. The van der Waals surface area contributed by atoms with Crippen LogP contribution in [0.3, 0.4) is 0 Å². The number of aryl methyl sites for hydroxylation is 1. The quantitative estimate of drug-likeness (QED) is 0.568. The first-order valence-corrected chi connectivity index (χ1v) is 8.74. The summed E-state index contributed by atoms with van der Waals surface area (Å²) in [7, 11) is -3.26. The van der Waals surface area contributed by atoms with E-state index >= 15 is 0 Å². The van der Waals surface area contributed by atoms with E-state index in [1.54, 1.807) is 0 Å². The Labute approximate surface area is 148 Å². The first-order valence-electron chi connectivity index (χ1n) is 6.85. The molecule has 1 aromatic heterocycles. The molecule has 0 radical (unpaired) electrons. The van der Waals surface area contributed by atoms with Crippen molar-refractivity contribution in [2.24, 2.45) is 7.05 Å². The molecule has 2 rings (SSSR count). The zero-order chi connectivity index (χ0) is 20.8. The van der Waals surface area contributed by atoms with Gasteiger partial charge in [0.15, 0.2) is 15.5 Å². The maximum absolute atomic E-state index is 12.8. The van der Waals surface area contributed by atoms with Gasteiger partial charge in [-0.3, -0.25) is 0 Å². The van der Waals surface area contributed by atoms with Crippen LogP contribution in [0, 0.1) is 0 Å². The van der Waals surface area contributed by atoms with Crippen molar-refractivity contribution in [1.29, 1.82) is 0 Å². The number of alkyl halides is 6. The summed E-state index contributed by atoms with van der Waals surface area (Å²) >= 11 is 0. The van der Waals surface area contributed by atoms with Crippen LogP contribution in [0.2, 0.25) is 0 Å². The van der Waals surface area contributed by atoms with E-state index in [-0.39, 0.29) is 6.07 Å². The summed E-state index contributed by atoms with van der Waals surface area (Å²) in [6.07, 6.45) is -9.12. The highest BCUT2D eigenvalue weighted by Crippen LogP contribution is 2.33. The fourth-order valence-electron chi connectivity index (χ4n) is 2.01. The van der Waals surface area contributed by atoms with Crippen LogP contribution in [-0.2, 0) is 29.2 Å². The molecule has 0 aliphatic heterocycles. The van der Waals surface area contributed by atoms with E-state index in [9.17, 15) is 39.6 Å². The normalized spacial score (nSPS) is 12.9. The summed E-state index contributed by atoms with van der Waals surface area (Å²) < 4.78 is 105. The van der Waals surface area contributed by atoms with Crippen molar-refractivity contribution in [3.8, 4) is 5.88 Å². The van der Waals surface area contributed by atoms with E-state index < -0.39 is 55.8 Å². The molecule has 0 amide bonds. The molecule has 0 atom stereocenters. The zero-order valence-electron chi connectivity index (χ0n) is 13.5. The van der Waals surface area contributed by atoms with Gasteiger partial charge in [0.05, 0.1) is 16.0 Å². The van der Waals surface area contributed by atoms with Gasteiger partial charge in [-0.15, -0.1) is 0 Å². The standard InChI is InChI=1S/C14H10F6N2O4S/c1-22-11(6-10(21-22)14(18,19)20)26-12(23)8-4-3-7(13(15,16)17)5-9(8)27(2,24)25/h3-6H,1-2H3. The first kappa shape index (κ1) is 20.7. The molecule has 6 nitrogen and oxygen atoms in total. The van der Waals surface area contributed by atoms with Gasteiger partial charge in [0.1, 0.15) is 0 Å². The van der Waals surface area contributed by atoms with Crippen LogP contribution < -0.4 is 4.74 Å². The van der Waals surface area contributed by atoms with Gasteiger partial charge < -0.3 is 4.74 Å². The second kappa shape index (κ2) is 6.55. The molecule has 1 heterocycles. The Morgan fingerprint density at radius 2 is 1.67 bits per heavy atom. The number of rotatable bonds is 3. The van der Waals surface area contributed by atoms with Crippen molar-refractivity contribution in [3.63, 3.8) is 0 Å². The van der Waals surface area contributed by atoms with Gasteiger partial charge in [0.25, 0.3) is 0 Å².